The Labute approximate surface area is 114 Å². The molecule has 0 bridgehead atoms. The molecule has 0 heterocycles. The van der Waals surface area contributed by atoms with Crippen LogP contribution in [0.5, 0.6) is 0 Å². The van der Waals surface area contributed by atoms with Gasteiger partial charge in [-0.05, 0) is 26.7 Å². The van der Waals surface area contributed by atoms with Crippen molar-refractivity contribution in [3.8, 4) is 0 Å². The maximum absolute atomic E-state index is 11.8. The summed E-state index contributed by atoms with van der Waals surface area (Å²) < 4.78 is 9.73. The van der Waals surface area contributed by atoms with Crippen LogP contribution in [0.1, 0.15) is 40.0 Å². The molecule has 0 fully saturated rings. The predicted molar refractivity (Wildman–Crippen MR) is 71.4 cm³/mol. The molecule has 0 radical (unpaired) electrons. The number of carbonyl (C=O) groups excluding carboxylic acids is 2. The normalized spacial score (nSPS) is 13.5. The maximum Gasteiger partial charge on any atom is 0.333 e. The summed E-state index contributed by atoms with van der Waals surface area (Å²) in [5.41, 5.74) is 0.176. The second-order valence-corrected chi connectivity index (χ2v) is 4.24. The van der Waals surface area contributed by atoms with Crippen molar-refractivity contribution in [2.75, 3.05) is 13.2 Å². The van der Waals surface area contributed by atoms with Gasteiger partial charge in [0.1, 0.15) is 0 Å². The smallest absolute Gasteiger partial charge is 0.333 e. The number of aliphatic hydroxyl groups is 1. The van der Waals surface area contributed by atoms with Gasteiger partial charge in [0.25, 0.3) is 0 Å². The Balaban J connectivity index is 4.70. The van der Waals surface area contributed by atoms with Crippen LogP contribution < -0.4 is 0 Å². The highest BCUT2D eigenvalue weighted by Crippen LogP contribution is 2.20. The summed E-state index contributed by atoms with van der Waals surface area (Å²) >= 11 is 0. The first-order valence-corrected chi connectivity index (χ1v) is 6.67. The molecule has 110 valence electrons. The van der Waals surface area contributed by atoms with Crippen LogP contribution in [0.3, 0.4) is 0 Å². The van der Waals surface area contributed by atoms with Crippen molar-refractivity contribution in [3.05, 3.63) is 12.2 Å². The van der Waals surface area contributed by atoms with Crippen LogP contribution in [-0.2, 0) is 19.1 Å². The van der Waals surface area contributed by atoms with Gasteiger partial charge in [-0.15, -0.1) is 0 Å². The molecule has 0 aromatic carbocycles. The van der Waals surface area contributed by atoms with Crippen molar-refractivity contribution < 1.29 is 24.2 Å². The van der Waals surface area contributed by atoms with E-state index in [4.69, 9.17) is 9.47 Å². The SMILES string of the molecule is C=C(CC(C(=O)OCC)C(O)CCC)C(=O)OCC. The Morgan fingerprint density at radius 2 is 1.74 bits per heavy atom. The molecular weight excluding hydrogens is 248 g/mol. The van der Waals surface area contributed by atoms with Gasteiger partial charge in [-0.25, -0.2) is 4.79 Å². The monoisotopic (exact) mass is 272 g/mol. The van der Waals surface area contributed by atoms with Crippen LogP contribution in [0, 0.1) is 5.92 Å². The number of esters is 2. The minimum atomic E-state index is -0.838. The zero-order valence-corrected chi connectivity index (χ0v) is 12.0. The Hall–Kier alpha value is -1.36. The summed E-state index contributed by atoms with van der Waals surface area (Å²) in [5, 5.41) is 9.97. The summed E-state index contributed by atoms with van der Waals surface area (Å²) in [7, 11) is 0. The van der Waals surface area contributed by atoms with E-state index in [9.17, 15) is 14.7 Å². The van der Waals surface area contributed by atoms with Crippen LogP contribution in [0.4, 0.5) is 0 Å². The Morgan fingerprint density at radius 3 is 2.21 bits per heavy atom. The summed E-state index contributed by atoms with van der Waals surface area (Å²) in [6, 6.07) is 0. The van der Waals surface area contributed by atoms with Crippen molar-refractivity contribution >= 4 is 11.9 Å². The van der Waals surface area contributed by atoms with Crippen LogP contribution >= 0.6 is 0 Å². The molecule has 19 heavy (non-hydrogen) atoms. The van der Waals surface area contributed by atoms with Crippen molar-refractivity contribution in [2.24, 2.45) is 5.92 Å². The third-order valence-electron chi connectivity index (χ3n) is 2.67. The van der Waals surface area contributed by atoms with Crippen molar-refractivity contribution in [3.63, 3.8) is 0 Å². The summed E-state index contributed by atoms with van der Waals surface area (Å²) in [5.74, 6) is -1.81. The molecule has 0 aromatic rings. The molecule has 0 rings (SSSR count). The van der Waals surface area contributed by atoms with Gasteiger partial charge in [0, 0.05) is 5.57 Å². The first-order chi connectivity index (χ1) is 8.97. The van der Waals surface area contributed by atoms with Gasteiger partial charge >= 0.3 is 11.9 Å². The van der Waals surface area contributed by atoms with Gasteiger partial charge in [-0.1, -0.05) is 19.9 Å². The Bertz CT molecular complexity index is 311. The molecule has 0 aromatic heterocycles. The fraction of sp³-hybridized carbons (Fsp3) is 0.714. The van der Waals surface area contributed by atoms with Crippen LogP contribution in [0.15, 0.2) is 12.2 Å². The third kappa shape index (κ3) is 6.38. The molecule has 0 saturated heterocycles. The quantitative estimate of drug-likeness (QED) is 0.512. The number of ether oxygens (including phenoxy) is 2. The second-order valence-electron chi connectivity index (χ2n) is 4.24. The number of aliphatic hydroxyl groups excluding tert-OH is 1. The van der Waals surface area contributed by atoms with Gasteiger partial charge in [0.05, 0.1) is 25.2 Å². The second kappa shape index (κ2) is 9.55. The number of carbonyl (C=O) groups is 2. The lowest BCUT2D eigenvalue weighted by Gasteiger charge is -2.21. The van der Waals surface area contributed by atoms with Crippen LogP contribution in [0.25, 0.3) is 0 Å². The first-order valence-electron chi connectivity index (χ1n) is 6.67. The first kappa shape index (κ1) is 17.6. The van der Waals surface area contributed by atoms with Gasteiger partial charge in [-0.3, -0.25) is 4.79 Å². The average Bonchev–Trinajstić information content (AvgIpc) is 2.36. The molecule has 2 atom stereocenters. The lowest BCUT2D eigenvalue weighted by atomic mass is 9.92. The zero-order valence-electron chi connectivity index (χ0n) is 12.0. The standard InChI is InChI=1S/C14H24O5/c1-5-8-12(15)11(14(17)19-7-3)9-10(4)13(16)18-6-2/h11-12,15H,4-9H2,1-3H3. The molecule has 1 N–H and O–H groups in total. The van der Waals surface area contributed by atoms with Gasteiger partial charge in [-0.2, -0.15) is 0 Å². The predicted octanol–water partition coefficient (Wildman–Crippen LogP) is 1.84. The molecule has 0 aliphatic heterocycles. The van der Waals surface area contributed by atoms with Gasteiger partial charge < -0.3 is 14.6 Å². The van der Waals surface area contributed by atoms with Gasteiger partial charge in [0.15, 0.2) is 0 Å². The minimum absolute atomic E-state index is 0.0544. The van der Waals surface area contributed by atoms with E-state index in [-0.39, 0.29) is 25.2 Å². The lowest BCUT2D eigenvalue weighted by molar-refractivity contribution is -0.152. The van der Waals surface area contributed by atoms with E-state index in [1.807, 2.05) is 6.92 Å². The largest absolute Gasteiger partial charge is 0.466 e. The third-order valence-corrected chi connectivity index (χ3v) is 2.67. The summed E-state index contributed by atoms with van der Waals surface area (Å²) in [6.45, 7) is 9.39. The fourth-order valence-electron chi connectivity index (χ4n) is 1.70. The van der Waals surface area contributed by atoms with Crippen LogP contribution in [-0.4, -0.2) is 36.4 Å². The van der Waals surface area contributed by atoms with E-state index in [0.717, 1.165) is 6.42 Å². The molecule has 0 aliphatic carbocycles. The Morgan fingerprint density at radius 1 is 1.16 bits per heavy atom. The molecule has 5 heteroatoms. The molecule has 2 unspecified atom stereocenters. The van der Waals surface area contributed by atoms with E-state index in [0.29, 0.717) is 6.42 Å². The Kier molecular flexibility index (Phi) is 8.87. The molecule has 5 nitrogen and oxygen atoms in total. The van der Waals surface area contributed by atoms with E-state index in [1.54, 1.807) is 13.8 Å². The molecule has 0 saturated carbocycles. The van der Waals surface area contributed by atoms with E-state index in [1.165, 1.54) is 0 Å². The topological polar surface area (TPSA) is 72.8 Å². The van der Waals surface area contributed by atoms with Crippen molar-refractivity contribution in [1.29, 1.82) is 0 Å². The summed E-state index contributed by atoms with van der Waals surface area (Å²) in [6.07, 6.45) is 0.427. The molecule has 0 amide bonds. The van der Waals surface area contributed by atoms with E-state index in [2.05, 4.69) is 6.58 Å². The summed E-state index contributed by atoms with van der Waals surface area (Å²) in [4.78, 5) is 23.3. The van der Waals surface area contributed by atoms with E-state index >= 15 is 0 Å². The highest BCUT2D eigenvalue weighted by atomic mass is 16.5. The molecule has 0 spiro atoms. The van der Waals surface area contributed by atoms with Crippen molar-refractivity contribution in [1.82, 2.24) is 0 Å². The van der Waals surface area contributed by atoms with Crippen molar-refractivity contribution in [2.45, 2.75) is 46.1 Å². The molecular formula is C14H24O5. The maximum atomic E-state index is 11.8. The number of rotatable bonds is 9. The van der Waals surface area contributed by atoms with Crippen LogP contribution in [0.2, 0.25) is 0 Å². The minimum Gasteiger partial charge on any atom is -0.466 e. The van der Waals surface area contributed by atoms with E-state index < -0.39 is 24.0 Å². The number of hydrogen-bond acceptors (Lipinski definition) is 5. The molecule has 0 aliphatic rings. The van der Waals surface area contributed by atoms with Gasteiger partial charge in [0.2, 0.25) is 0 Å². The highest BCUT2D eigenvalue weighted by Gasteiger charge is 2.29. The zero-order chi connectivity index (χ0) is 14.8. The highest BCUT2D eigenvalue weighted by molar-refractivity contribution is 5.88. The number of hydrogen-bond donors (Lipinski definition) is 1. The fourth-order valence-corrected chi connectivity index (χ4v) is 1.70. The average molecular weight is 272 g/mol. The lowest BCUT2D eigenvalue weighted by Crippen LogP contribution is -2.31.